The number of nitrogens with zero attached hydrogens (tertiary/aromatic N) is 1. The molecule has 3 rings (SSSR count). The minimum atomic E-state index is -0.861. The zero-order chi connectivity index (χ0) is 15.0. The Hall–Kier alpha value is -2.03. The van der Waals surface area contributed by atoms with Crippen LogP contribution in [0.3, 0.4) is 0 Å². The van der Waals surface area contributed by atoms with Gasteiger partial charge in [0.05, 0.1) is 5.56 Å². The number of hydrogen-bond acceptors (Lipinski definition) is 2. The van der Waals surface area contributed by atoms with Crippen LogP contribution in [0, 0.1) is 5.92 Å². The molecule has 1 aliphatic rings. The van der Waals surface area contributed by atoms with Crippen molar-refractivity contribution < 1.29 is 9.90 Å². The molecule has 0 atom stereocenters. The van der Waals surface area contributed by atoms with Crippen LogP contribution in [0.15, 0.2) is 36.4 Å². The SMILES string of the molecule is CC(C)CN(c1ccc(C(=O)O)c2ccccc12)C1CC1. The molecule has 0 heterocycles. The Morgan fingerprint density at radius 2 is 1.86 bits per heavy atom. The summed E-state index contributed by atoms with van der Waals surface area (Å²) in [4.78, 5) is 13.9. The minimum Gasteiger partial charge on any atom is -0.478 e. The van der Waals surface area contributed by atoms with Gasteiger partial charge in [-0.15, -0.1) is 0 Å². The van der Waals surface area contributed by atoms with Gasteiger partial charge in [-0.05, 0) is 36.3 Å². The maximum absolute atomic E-state index is 11.4. The van der Waals surface area contributed by atoms with E-state index in [1.807, 2.05) is 30.3 Å². The van der Waals surface area contributed by atoms with Gasteiger partial charge in [0.25, 0.3) is 0 Å². The second-order valence-corrected chi connectivity index (χ2v) is 6.26. The normalized spacial score (nSPS) is 14.6. The van der Waals surface area contributed by atoms with Crippen molar-refractivity contribution in [2.45, 2.75) is 32.7 Å². The van der Waals surface area contributed by atoms with E-state index in [4.69, 9.17) is 0 Å². The highest BCUT2D eigenvalue weighted by Gasteiger charge is 2.30. The highest BCUT2D eigenvalue weighted by molar-refractivity contribution is 6.08. The maximum Gasteiger partial charge on any atom is 0.336 e. The fourth-order valence-corrected chi connectivity index (χ4v) is 2.94. The molecular formula is C18H21NO2. The van der Waals surface area contributed by atoms with Gasteiger partial charge < -0.3 is 10.0 Å². The number of fused-ring (bicyclic) bond motifs is 1. The lowest BCUT2D eigenvalue weighted by atomic mass is 10.0. The molecule has 0 spiro atoms. The minimum absolute atomic E-state index is 0.384. The molecule has 0 amide bonds. The van der Waals surface area contributed by atoms with E-state index in [1.165, 1.54) is 18.5 Å². The van der Waals surface area contributed by atoms with Gasteiger partial charge in [0, 0.05) is 23.7 Å². The largest absolute Gasteiger partial charge is 0.478 e. The molecule has 21 heavy (non-hydrogen) atoms. The van der Waals surface area contributed by atoms with Crippen LogP contribution in [0.4, 0.5) is 5.69 Å². The molecule has 0 aliphatic heterocycles. The van der Waals surface area contributed by atoms with Crippen LogP contribution in [0.5, 0.6) is 0 Å². The molecule has 0 aromatic heterocycles. The van der Waals surface area contributed by atoms with Crippen LogP contribution in [0.1, 0.15) is 37.0 Å². The molecule has 0 bridgehead atoms. The average Bonchev–Trinajstić information content (AvgIpc) is 3.28. The summed E-state index contributed by atoms with van der Waals surface area (Å²) < 4.78 is 0. The number of aromatic carboxylic acids is 1. The summed E-state index contributed by atoms with van der Waals surface area (Å²) in [5, 5.41) is 11.2. The second kappa shape index (κ2) is 5.40. The van der Waals surface area contributed by atoms with E-state index >= 15 is 0 Å². The zero-order valence-electron chi connectivity index (χ0n) is 12.5. The monoisotopic (exact) mass is 283 g/mol. The summed E-state index contributed by atoms with van der Waals surface area (Å²) in [6.07, 6.45) is 2.48. The van der Waals surface area contributed by atoms with Crippen LogP contribution in [0.25, 0.3) is 10.8 Å². The van der Waals surface area contributed by atoms with Gasteiger partial charge in [-0.1, -0.05) is 38.1 Å². The molecule has 2 aromatic carbocycles. The first kappa shape index (κ1) is 13.9. The molecule has 1 fully saturated rings. The molecule has 0 saturated heterocycles. The van der Waals surface area contributed by atoms with Crippen molar-refractivity contribution in [2.75, 3.05) is 11.4 Å². The summed E-state index contributed by atoms with van der Waals surface area (Å²) >= 11 is 0. The van der Waals surface area contributed by atoms with Gasteiger partial charge in [0.1, 0.15) is 0 Å². The first-order valence-electron chi connectivity index (χ1n) is 7.59. The van der Waals surface area contributed by atoms with Crippen molar-refractivity contribution in [1.82, 2.24) is 0 Å². The van der Waals surface area contributed by atoms with E-state index in [9.17, 15) is 9.90 Å². The second-order valence-electron chi connectivity index (χ2n) is 6.26. The Bertz CT molecular complexity index is 674. The first-order valence-corrected chi connectivity index (χ1v) is 7.59. The van der Waals surface area contributed by atoms with E-state index in [1.54, 1.807) is 6.07 Å². The van der Waals surface area contributed by atoms with E-state index in [0.29, 0.717) is 17.5 Å². The molecule has 1 N–H and O–H groups in total. The Labute approximate surface area is 125 Å². The van der Waals surface area contributed by atoms with Gasteiger partial charge in [0.15, 0.2) is 0 Å². The summed E-state index contributed by atoms with van der Waals surface area (Å²) in [6.45, 7) is 5.47. The molecule has 2 aromatic rings. The van der Waals surface area contributed by atoms with Crippen molar-refractivity contribution in [3.63, 3.8) is 0 Å². The summed E-state index contributed by atoms with van der Waals surface area (Å²) in [7, 11) is 0. The average molecular weight is 283 g/mol. The predicted octanol–water partition coefficient (Wildman–Crippen LogP) is 4.16. The number of carboxylic acids is 1. The molecule has 1 aliphatic carbocycles. The Balaban J connectivity index is 2.14. The van der Waals surface area contributed by atoms with E-state index in [2.05, 4.69) is 18.7 Å². The fraction of sp³-hybridized carbons (Fsp3) is 0.389. The molecule has 1 saturated carbocycles. The molecule has 0 radical (unpaired) electrons. The van der Waals surface area contributed by atoms with Gasteiger partial charge in [-0.3, -0.25) is 0 Å². The number of benzene rings is 2. The Morgan fingerprint density at radius 3 is 2.43 bits per heavy atom. The van der Waals surface area contributed by atoms with Gasteiger partial charge in [0.2, 0.25) is 0 Å². The van der Waals surface area contributed by atoms with Gasteiger partial charge in [-0.2, -0.15) is 0 Å². The number of rotatable bonds is 5. The number of carboxylic acid groups (broad SMARTS) is 1. The quantitative estimate of drug-likeness (QED) is 0.895. The fourth-order valence-electron chi connectivity index (χ4n) is 2.94. The smallest absolute Gasteiger partial charge is 0.336 e. The third-order valence-corrected chi connectivity index (χ3v) is 3.99. The third-order valence-electron chi connectivity index (χ3n) is 3.99. The van der Waals surface area contributed by atoms with Crippen molar-refractivity contribution >= 4 is 22.4 Å². The van der Waals surface area contributed by atoms with Crippen LogP contribution in [-0.4, -0.2) is 23.7 Å². The lowest BCUT2D eigenvalue weighted by Gasteiger charge is -2.28. The first-order chi connectivity index (χ1) is 10.1. The van der Waals surface area contributed by atoms with Gasteiger partial charge in [-0.25, -0.2) is 4.79 Å². The van der Waals surface area contributed by atoms with Crippen LogP contribution < -0.4 is 4.90 Å². The zero-order valence-corrected chi connectivity index (χ0v) is 12.5. The van der Waals surface area contributed by atoms with E-state index in [-0.39, 0.29) is 0 Å². The van der Waals surface area contributed by atoms with Gasteiger partial charge >= 0.3 is 5.97 Å². The highest BCUT2D eigenvalue weighted by Crippen LogP contribution is 2.37. The maximum atomic E-state index is 11.4. The lowest BCUT2D eigenvalue weighted by molar-refractivity contribution is 0.0699. The van der Waals surface area contributed by atoms with Crippen molar-refractivity contribution in [3.05, 3.63) is 42.0 Å². The molecule has 3 heteroatoms. The predicted molar refractivity (Wildman–Crippen MR) is 86.1 cm³/mol. The standard InChI is InChI=1S/C18H21NO2/c1-12(2)11-19(13-7-8-13)17-10-9-16(18(20)21)14-5-3-4-6-15(14)17/h3-6,9-10,12-13H,7-8,11H2,1-2H3,(H,20,21). The molecular weight excluding hydrogens is 262 g/mol. The number of anilines is 1. The van der Waals surface area contributed by atoms with E-state index < -0.39 is 5.97 Å². The van der Waals surface area contributed by atoms with Crippen LogP contribution in [0.2, 0.25) is 0 Å². The third kappa shape index (κ3) is 2.73. The number of hydrogen-bond donors (Lipinski definition) is 1. The van der Waals surface area contributed by atoms with Crippen LogP contribution >= 0.6 is 0 Å². The summed E-state index contributed by atoms with van der Waals surface area (Å²) in [5.41, 5.74) is 1.56. The van der Waals surface area contributed by atoms with Crippen molar-refractivity contribution in [2.24, 2.45) is 5.92 Å². The Kier molecular flexibility index (Phi) is 3.58. The molecule has 3 nitrogen and oxygen atoms in total. The van der Waals surface area contributed by atoms with Crippen LogP contribution in [-0.2, 0) is 0 Å². The summed E-state index contributed by atoms with van der Waals surface area (Å²) in [5.74, 6) is -0.275. The lowest BCUT2D eigenvalue weighted by Crippen LogP contribution is -2.30. The van der Waals surface area contributed by atoms with E-state index in [0.717, 1.165) is 17.3 Å². The van der Waals surface area contributed by atoms with Crippen molar-refractivity contribution in [1.29, 1.82) is 0 Å². The topological polar surface area (TPSA) is 40.5 Å². The molecule has 0 unspecified atom stereocenters. The van der Waals surface area contributed by atoms with Crippen molar-refractivity contribution in [3.8, 4) is 0 Å². The Morgan fingerprint density at radius 1 is 1.19 bits per heavy atom. The highest BCUT2D eigenvalue weighted by atomic mass is 16.4. The number of carbonyl (C=O) groups is 1. The molecule has 110 valence electrons. The summed E-state index contributed by atoms with van der Waals surface area (Å²) in [6, 6.07) is 12.2.